The number of benzene rings is 2. The third-order valence-electron chi connectivity index (χ3n) is 7.56. The van der Waals surface area contributed by atoms with Crippen molar-refractivity contribution in [3.8, 4) is 16.8 Å². The van der Waals surface area contributed by atoms with Crippen LogP contribution in [0.2, 0.25) is 5.02 Å². The smallest absolute Gasteiger partial charge is 0.411 e. The largest absolute Gasteiger partial charge is 0.453 e. The zero-order valence-corrected chi connectivity index (χ0v) is 24.8. The number of anilines is 2. The number of amides is 3. The van der Waals surface area contributed by atoms with Crippen LogP contribution >= 0.6 is 11.6 Å². The minimum Gasteiger partial charge on any atom is -0.453 e. The fourth-order valence-electron chi connectivity index (χ4n) is 5.00. The lowest BCUT2D eigenvalue weighted by Crippen LogP contribution is -2.32. The van der Waals surface area contributed by atoms with E-state index in [1.807, 2.05) is 0 Å². The summed E-state index contributed by atoms with van der Waals surface area (Å²) in [4.78, 5) is 42.9. The lowest BCUT2D eigenvalue weighted by atomic mass is 9.94. The van der Waals surface area contributed by atoms with E-state index >= 15 is 4.39 Å². The van der Waals surface area contributed by atoms with Gasteiger partial charge in [0.1, 0.15) is 11.9 Å². The van der Waals surface area contributed by atoms with Crippen molar-refractivity contribution in [2.45, 2.75) is 38.9 Å². The van der Waals surface area contributed by atoms with Crippen LogP contribution in [0.3, 0.4) is 0 Å². The first-order valence-electron chi connectivity index (χ1n) is 13.8. The molecule has 2 aromatic heterocycles. The molecule has 0 spiro atoms. The quantitative estimate of drug-likeness (QED) is 0.242. The second kappa shape index (κ2) is 12.8. The molecule has 0 radical (unpaired) electrons. The van der Waals surface area contributed by atoms with Gasteiger partial charge in [0.2, 0.25) is 5.91 Å². The molecule has 3 amide bonds. The first kappa shape index (κ1) is 30.6. The highest BCUT2D eigenvalue weighted by Gasteiger charge is 2.29. The predicted octanol–water partition coefficient (Wildman–Crippen LogP) is 6.39. The number of carbonyl (C=O) groups excluding carboxylic acids is 3. The number of carbonyl (C=O) groups is 3. The summed E-state index contributed by atoms with van der Waals surface area (Å²) < 4.78 is 36.0. The standard InChI is InChI=1S/C31H29ClF2N6O4/c1-16-23(33)9-10-24(38-30(42)21-15-36-40(17(21)2)27-6-4-5-22(32)28(27)34)26-13-18(11-12-35-26)20-8-7-19(37-31(43)44-3)14-25(20)39-29(16)41/h4-8,11-16,23-24H,9-10H2,1-3H3,(H,37,43)(H,38,42)(H,39,41)/t16-,23?,24+/m1/s1. The molecule has 3 atom stereocenters. The second-order valence-electron chi connectivity index (χ2n) is 10.4. The molecule has 228 valence electrons. The minimum atomic E-state index is -1.54. The topological polar surface area (TPSA) is 127 Å². The summed E-state index contributed by atoms with van der Waals surface area (Å²) in [6, 6.07) is 12.1. The molecular weight excluding hydrogens is 594 g/mol. The first-order chi connectivity index (χ1) is 21.1. The van der Waals surface area contributed by atoms with Gasteiger partial charge >= 0.3 is 6.09 Å². The molecule has 2 aromatic carbocycles. The summed E-state index contributed by atoms with van der Waals surface area (Å²) in [6.07, 6.45) is 0.755. The van der Waals surface area contributed by atoms with Crippen LogP contribution in [-0.4, -0.2) is 46.0 Å². The molecular formula is C31H29ClF2N6O4. The maximum Gasteiger partial charge on any atom is 0.411 e. The van der Waals surface area contributed by atoms with E-state index in [0.29, 0.717) is 33.9 Å². The molecule has 1 unspecified atom stereocenters. The summed E-state index contributed by atoms with van der Waals surface area (Å²) in [6.45, 7) is 3.11. The van der Waals surface area contributed by atoms with Crippen molar-refractivity contribution in [1.29, 1.82) is 0 Å². The minimum absolute atomic E-state index is 0.0474. The van der Waals surface area contributed by atoms with Gasteiger partial charge < -0.3 is 15.4 Å². The molecule has 10 nitrogen and oxygen atoms in total. The number of methoxy groups -OCH3 is 1. The van der Waals surface area contributed by atoms with Gasteiger partial charge in [-0.15, -0.1) is 0 Å². The van der Waals surface area contributed by atoms with Gasteiger partial charge in [-0.1, -0.05) is 30.7 Å². The highest BCUT2D eigenvalue weighted by molar-refractivity contribution is 6.30. The van der Waals surface area contributed by atoms with Crippen molar-refractivity contribution >= 4 is 40.9 Å². The van der Waals surface area contributed by atoms with Crippen LogP contribution in [0, 0.1) is 18.7 Å². The van der Waals surface area contributed by atoms with Crippen LogP contribution in [-0.2, 0) is 9.53 Å². The third kappa shape index (κ3) is 6.25. The summed E-state index contributed by atoms with van der Waals surface area (Å²) in [5.41, 5.74) is 3.08. The average Bonchev–Trinajstić information content (AvgIpc) is 3.40. The number of nitrogens with one attached hydrogen (secondary N) is 3. The number of halogens is 3. The molecule has 13 heteroatoms. The number of fused-ring (bicyclic) bond motifs is 4. The van der Waals surface area contributed by atoms with Crippen molar-refractivity contribution in [2.75, 3.05) is 17.7 Å². The Morgan fingerprint density at radius 3 is 2.73 bits per heavy atom. The van der Waals surface area contributed by atoms with Crippen LogP contribution < -0.4 is 16.0 Å². The van der Waals surface area contributed by atoms with Crippen molar-refractivity contribution in [1.82, 2.24) is 20.1 Å². The third-order valence-corrected chi connectivity index (χ3v) is 7.86. The highest BCUT2D eigenvalue weighted by atomic mass is 35.5. The van der Waals surface area contributed by atoms with E-state index in [1.165, 1.54) is 37.0 Å². The molecule has 0 saturated carbocycles. The number of hydrogen-bond donors (Lipinski definition) is 3. The summed E-state index contributed by atoms with van der Waals surface area (Å²) >= 11 is 5.94. The first-order valence-corrected chi connectivity index (χ1v) is 14.1. The Bertz CT molecular complexity index is 1750. The summed E-state index contributed by atoms with van der Waals surface area (Å²) in [7, 11) is 1.23. The van der Waals surface area contributed by atoms with E-state index < -0.39 is 41.9 Å². The molecule has 0 saturated heterocycles. The SMILES string of the molecule is COC(=O)Nc1ccc2c(c1)NC(=O)[C@H](C)C(F)CC[C@H](NC(=O)c1cnn(-c3cccc(Cl)c3F)c1C)c1cc-2ccn1. The molecule has 1 aliphatic rings. The molecule has 44 heavy (non-hydrogen) atoms. The van der Waals surface area contributed by atoms with Crippen LogP contribution in [0.5, 0.6) is 0 Å². The van der Waals surface area contributed by atoms with Gasteiger partial charge in [0, 0.05) is 17.4 Å². The highest BCUT2D eigenvalue weighted by Crippen LogP contribution is 2.34. The van der Waals surface area contributed by atoms with Gasteiger partial charge in [0.15, 0.2) is 5.82 Å². The molecule has 3 N–H and O–H groups in total. The van der Waals surface area contributed by atoms with Crippen molar-refractivity contribution in [3.63, 3.8) is 0 Å². The average molecular weight is 623 g/mol. The Hall–Kier alpha value is -4.84. The Morgan fingerprint density at radius 1 is 1.16 bits per heavy atom. The Kier molecular flexibility index (Phi) is 8.91. The van der Waals surface area contributed by atoms with E-state index in [0.717, 1.165) is 0 Å². The second-order valence-corrected chi connectivity index (χ2v) is 10.8. The maximum atomic E-state index is 15.4. The zero-order chi connectivity index (χ0) is 31.5. The van der Waals surface area contributed by atoms with Crippen LogP contribution in [0.25, 0.3) is 16.8 Å². The van der Waals surface area contributed by atoms with Crippen molar-refractivity contribution in [3.05, 3.63) is 88.7 Å². The van der Waals surface area contributed by atoms with Gasteiger partial charge in [-0.3, -0.25) is 19.9 Å². The maximum absolute atomic E-state index is 15.4. The van der Waals surface area contributed by atoms with Gasteiger partial charge in [0.25, 0.3) is 5.91 Å². The molecule has 0 aliphatic carbocycles. The molecule has 4 aromatic rings. The molecule has 3 heterocycles. The van der Waals surface area contributed by atoms with Gasteiger partial charge in [-0.2, -0.15) is 5.10 Å². The zero-order valence-electron chi connectivity index (χ0n) is 24.0. The number of rotatable bonds is 4. The van der Waals surface area contributed by atoms with Crippen molar-refractivity contribution in [2.24, 2.45) is 5.92 Å². The predicted molar refractivity (Wildman–Crippen MR) is 161 cm³/mol. The Labute approximate surface area is 256 Å². The number of ether oxygens (including phenoxy) is 1. The number of pyridine rings is 1. The fraction of sp³-hybridized carbons (Fsp3) is 0.258. The Balaban J connectivity index is 1.50. The van der Waals surface area contributed by atoms with E-state index in [2.05, 4.69) is 30.8 Å². The normalized spacial score (nSPS) is 18.2. The van der Waals surface area contributed by atoms with E-state index in [9.17, 15) is 18.8 Å². The van der Waals surface area contributed by atoms with Gasteiger partial charge in [-0.05, 0) is 61.7 Å². The number of aromatic nitrogens is 3. The number of hydrogen-bond acceptors (Lipinski definition) is 6. The van der Waals surface area contributed by atoms with E-state index in [1.54, 1.807) is 49.5 Å². The van der Waals surface area contributed by atoms with Crippen LogP contribution in [0.15, 0.2) is 60.9 Å². The van der Waals surface area contributed by atoms with Gasteiger partial charge in [-0.25, -0.2) is 18.3 Å². The number of alkyl halides is 1. The van der Waals surface area contributed by atoms with Crippen molar-refractivity contribution < 1.29 is 27.9 Å². The van der Waals surface area contributed by atoms with E-state index in [4.69, 9.17) is 11.6 Å². The van der Waals surface area contributed by atoms with Gasteiger partial charge in [0.05, 0.1) is 52.9 Å². The lowest BCUT2D eigenvalue weighted by molar-refractivity contribution is -0.121. The summed E-state index contributed by atoms with van der Waals surface area (Å²) in [5.74, 6) is -2.75. The van der Waals surface area contributed by atoms with E-state index in [-0.39, 0.29) is 29.1 Å². The molecule has 5 rings (SSSR count). The monoisotopic (exact) mass is 622 g/mol. The molecule has 0 fully saturated rings. The van der Waals surface area contributed by atoms with Crippen LogP contribution in [0.1, 0.15) is 47.6 Å². The Morgan fingerprint density at radius 2 is 1.95 bits per heavy atom. The molecule has 2 bridgehead atoms. The number of nitrogens with zero attached hydrogens (tertiary/aromatic N) is 3. The summed E-state index contributed by atoms with van der Waals surface area (Å²) in [5, 5.41) is 12.4. The fourth-order valence-corrected chi connectivity index (χ4v) is 5.17. The van der Waals surface area contributed by atoms with Crippen LogP contribution in [0.4, 0.5) is 25.0 Å². The lowest BCUT2D eigenvalue weighted by Gasteiger charge is -2.24. The molecule has 1 aliphatic heterocycles.